The lowest BCUT2D eigenvalue weighted by Gasteiger charge is -2.25. The number of benzene rings is 1. The summed E-state index contributed by atoms with van der Waals surface area (Å²) >= 11 is 3.37. The van der Waals surface area contributed by atoms with Gasteiger partial charge >= 0.3 is 0 Å². The van der Waals surface area contributed by atoms with Crippen molar-refractivity contribution in [2.45, 2.75) is 31.7 Å². The fourth-order valence-electron chi connectivity index (χ4n) is 3.42. The lowest BCUT2D eigenvalue weighted by atomic mass is 9.89. The Labute approximate surface area is 183 Å². The third kappa shape index (κ3) is 5.51. The Balaban J connectivity index is 1.34. The van der Waals surface area contributed by atoms with Crippen molar-refractivity contribution >= 4 is 27.9 Å². The van der Waals surface area contributed by atoms with Crippen molar-refractivity contribution in [1.82, 2.24) is 20.5 Å². The zero-order valence-corrected chi connectivity index (χ0v) is 17.9. The highest BCUT2D eigenvalue weighted by Gasteiger charge is 2.19. The van der Waals surface area contributed by atoms with E-state index in [0.717, 1.165) is 41.5 Å². The van der Waals surface area contributed by atoms with Gasteiger partial charge in [-0.3, -0.25) is 4.79 Å². The predicted octanol–water partition coefficient (Wildman–Crippen LogP) is 5.18. The van der Waals surface area contributed by atoms with Gasteiger partial charge in [-0.1, -0.05) is 23.8 Å². The van der Waals surface area contributed by atoms with E-state index in [1.807, 2.05) is 30.3 Å². The van der Waals surface area contributed by atoms with Crippen LogP contribution in [0.25, 0.3) is 6.08 Å². The molecule has 1 amide bonds. The van der Waals surface area contributed by atoms with Gasteiger partial charge in [-0.25, -0.2) is 4.98 Å². The van der Waals surface area contributed by atoms with Gasteiger partial charge in [-0.05, 0) is 71.4 Å². The third-order valence-corrected chi connectivity index (χ3v) is 5.43. The Morgan fingerprint density at radius 2 is 1.97 bits per heavy atom. The second-order valence-electron chi connectivity index (χ2n) is 7.17. The van der Waals surface area contributed by atoms with Crippen molar-refractivity contribution in [3.05, 3.63) is 82.2 Å². The van der Waals surface area contributed by atoms with E-state index in [0.29, 0.717) is 11.4 Å². The fraction of sp³-hybridized carbons (Fsp3) is 0.217. The van der Waals surface area contributed by atoms with Crippen LogP contribution in [0.1, 0.15) is 41.6 Å². The van der Waals surface area contributed by atoms with Gasteiger partial charge in [0, 0.05) is 22.8 Å². The van der Waals surface area contributed by atoms with E-state index < -0.39 is 0 Å². The maximum absolute atomic E-state index is 12.3. The first kappa shape index (κ1) is 20.2. The molecular weight excluding hydrogens is 444 g/mol. The average molecular weight is 465 g/mol. The number of amides is 1. The number of nitrogens with one attached hydrogen (secondary N) is 1. The number of rotatable bonds is 5. The Morgan fingerprint density at radius 1 is 1.10 bits per heavy atom. The Hall–Kier alpha value is -3.06. The Bertz CT molecular complexity index is 1030. The van der Waals surface area contributed by atoms with Crippen LogP contribution in [0.5, 0.6) is 11.6 Å². The van der Waals surface area contributed by atoms with Crippen LogP contribution in [0, 0.1) is 0 Å². The van der Waals surface area contributed by atoms with Crippen molar-refractivity contribution in [2.75, 3.05) is 0 Å². The molecule has 152 valence electrons. The number of halogens is 1. The molecule has 0 atom stereocenters. The molecule has 4 rings (SSSR count). The molecule has 0 unspecified atom stereocenters. The van der Waals surface area contributed by atoms with E-state index in [1.54, 1.807) is 12.3 Å². The van der Waals surface area contributed by atoms with E-state index in [1.165, 1.54) is 18.0 Å². The van der Waals surface area contributed by atoms with Crippen molar-refractivity contribution in [1.29, 1.82) is 0 Å². The van der Waals surface area contributed by atoms with Crippen molar-refractivity contribution in [3.8, 4) is 11.6 Å². The number of carbonyl (C=O) groups excluding carboxylic acids is 1. The molecular formula is C23H21BrN4O2. The summed E-state index contributed by atoms with van der Waals surface area (Å²) in [6, 6.07) is 13.6. The molecule has 1 saturated carbocycles. The van der Waals surface area contributed by atoms with E-state index in [-0.39, 0.29) is 11.9 Å². The molecule has 1 aliphatic carbocycles. The van der Waals surface area contributed by atoms with Crippen molar-refractivity contribution < 1.29 is 9.53 Å². The first-order valence-corrected chi connectivity index (χ1v) is 10.6. The zero-order chi connectivity index (χ0) is 20.8. The summed E-state index contributed by atoms with van der Waals surface area (Å²) in [7, 11) is 0. The van der Waals surface area contributed by atoms with Crippen LogP contribution in [0.15, 0.2) is 71.1 Å². The molecule has 1 fully saturated rings. The third-order valence-electron chi connectivity index (χ3n) is 4.96. The standard InChI is InChI=1S/C23H21BrN4O2/c24-19-6-9-22(25-15-19)30-21-3-1-2-17(13-21)12-16-4-7-20(8-5-16)28-23(29)18-10-11-26-27-14-18/h1-3,6,9-15,20H,4-5,7-8H2,(H,28,29). The van der Waals surface area contributed by atoms with Gasteiger partial charge in [0.25, 0.3) is 5.91 Å². The molecule has 0 bridgehead atoms. The van der Waals surface area contributed by atoms with Crippen molar-refractivity contribution in [2.24, 2.45) is 0 Å². The van der Waals surface area contributed by atoms with E-state index in [2.05, 4.69) is 48.6 Å². The monoisotopic (exact) mass is 464 g/mol. The van der Waals surface area contributed by atoms with Crippen LogP contribution in [0.2, 0.25) is 0 Å². The second-order valence-corrected chi connectivity index (χ2v) is 8.09. The summed E-state index contributed by atoms with van der Waals surface area (Å²) in [5, 5.41) is 10.6. The summed E-state index contributed by atoms with van der Waals surface area (Å²) in [6.45, 7) is 0. The lowest BCUT2D eigenvalue weighted by molar-refractivity contribution is 0.0930. The predicted molar refractivity (Wildman–Crippen MR) is 118 cm³/mol. The van der Waals surface area contributed by atoms with Gasteiger partial charge in [-0.15, -0.1) is 0 Å². The molecule has 30 heavy (non-hydrogen) atoms. The van der Waals surface area contributed by atoms with Crippen LogP contribution in [-0.2, 0) is 0 Å². The molecule has 0 radical (unpaired) electrons. The molecule has 0 saturated heterocycles. The Kier molecular flexibility index (Phi) is 6.49. The van der Waals surface area contributed by atoms with Crippen molar-refractivity contribution in [3.63, 3.8) is 0 Å². The normalized spacial score (nSPS) is 16.0. The number of allylic oxidation sites excluding steroid dienone is 1. The highest BCUT2D eigenvalue weighted by atomic mass is 79.9. The Morgan fingerprint density at radius 3 is 2.70 bits per heavy atom. The maximum Gasteiger partial charge on any atom is 0.253 e. The number of nitrogens with zero attached hydrogens (tertiary/aromatic N) is 3. The van der Waals surface area contributed by atoms with Crippen LogP contribution in [0.3, 0.4) is 0 Å². The van der Waals surface area contributed by atoms with Gasteiger partial charge in [0.05, 0.1) is 18.0 Å². The van der Waals surface area contributed by atoms with Gasteiger partial charge in [-0.2, -0.15) is 10.2 Å². The molecule has 1 aliphatic rings. The molecule has 0 spiro atoms. The largest absolute Gasteiger partial charge is 0.439 e. The molecule has 1 N–H and O–H groups in total. The van der Waals surface area contributed by atoms with Crippen LogP contribution in [0.4, 0.5) is 0 Å². The van der Waals surface area contributed by atoms with Gasteiger partial charge in [0.15, 0.2) is 0 Å². The smallest absolute Gasteiger partial charge is 0.253 e. The SMILES string of the molecule is O=C(NC1CCC(=Cc2cccc(Oc3ccc(Br)cn3)c2)CC1)c1ccnnc1. The highest BCUT2D eigenvalue weighted by molar-refractivity contribution is 9.10. The summed E-state index contributed by atoms with van der Waals surface area (Å²) in [4.78, 5) is 16.5. The number of pyridine rings is 1. The summed E-state index contributed by atoms with van der Waals surface area (Å²) in [5.41, 5.74) is 3.03. The van der Waals surface area contributed by atoms with E-state index >= 15 is 0 Å². The molecule has 2 aromatic heterocycles. The van der Waals surface area contributed by atoms with Crippen LogP contribution in [-0.4, -0.2) is 27.1 Å². The first-order valence-electron chi connectivity index (χ1n) is 9.82. The average Bonchev–Trinajstić information content (AvgIpc) is 2.78. The second kappa shape index (κ2) is 9.63. The quantitative estimate of drug-likeness (QED) is 0.562. The molecule has 1 aromatic carbocycles. The lowest BCUT2D eigenvalue weighted by Crippen LogP contribution is -2.36. The molecule has 0 aliphatic heterocycles. The number of ether oxygens (including phenoxy) is 1. The highest BCUT2D eigenvalue weighted by Crippen LogP contribution is 2.28. The zero-order valence-electron chi connectivity index (χ0n) is 16.3. The first-order chi connectivity index (χ1) is 14.7. The molecule has 7 heteroatoms. The maximum atomic E-state index is 12.3. The number of aromatic nitrogens is 3. The van der Waals surface area contributed by atoms with Crippen LogP contribution < -0.4 is 10.1 Å². The molecule has 2 heterocycles. The molecule has 6 nitrogen and oxygen atoms in total. The summed E-state index contributed by atoms with van der Waals surface area (Å²) in [6.07, 6.45) is 10.7. The topological polar surface area (TPSA) is 77.0 Å². The summed E-state index contributed by atoms with van der Waals surface area (Å²) in [5.74, 6) is 1.23. The minimum atomic E-state index is -0.0891. The minimum absolute atomic E-state index is 0.0891. The van der Waals surface area contributed by atoms with Gasteiger partial charge in [0.1, 0.15) is 5.75 Å². The van der Waals surface area contributed by atoms with E-state index in [4.69, 9.17) is 4.74 Å². The minimum Gasteiger partial charge on any atom is -0.439 e. The molecule has 3 aromatic rings. The van der Waals surface area contributed by atoms with Gasteiger partial charge < -0.3 is 10.1 Å². The van der Waals surface area contributed by atoms with E-state index in [9.17, 15) is 4.79 Å². The van der Waals surface area contributed by atoms with Gasteiger partial charge in [0.2, 0.25) is 5.88 Å². The number of hydrogen-bond donors (Lipinski definition) is 1. The number of carbonyl (C=O) groups is 1. The number of hydrogen-bond acceptors (Lipinski definition) is 5. The fourth-order valence-corrected chi connectivity index (χ4v) is 3.65. The summed E-state index contributed by atoms with van der Waals surface area (Å²) < 4.78 is 6.76. The van der Waals surface area contributed by atoms with Crippen LogP contribution >= 0.6 is 15.9 Å².